The Balaban J connectivity index is 2.54. The third kappa shape index (κ3) is 2.51. The molecule has 0 saturated carbocycles. The van der Waals surface area contributed by atoms with Gasteiger partial charge < -0.3 is 0 Å². The molecule has 0 aliphatic carbocycles. The maximum atomic E-state index is 10.8. The predicted octanol–water partition coefficient (Wildman–Crippen LogP) is 4.78. The SMILES string of the molecule is Cc1ccc(-c2cc(Cl)c(C=O)c(Cl)c2)cc1. The molecular formula is C14H10Cl2O. The average Bonchev–Trinajstić information content (AvgIpc) is 2.29. The molecule has 0 fully saturated rings. The summed E-state index contributed by atoms with van der Waals surface area (Å²) in [6.07, 6.45) is 0.670. The first-order valence-electron chi connectivity index (χ1n) is 5.13. The highest BCUT2D eigenvalue weighted by atomic mass is 35.5. The Kier molecular flexibility index (Phi) is 3.51. The van der Waals surface area contributed by atoms with Gasteiger partial charge in [0.1, 0.15) is 0 Å². The zero-order valence-electron chi connectivity index (χ0n) is 9.21. The van der Waals surface area contributed by atoms with Crippen molar-refractivity contribution < 1.29 is 4.79 Å². The van der Waals surface area contributed by atoms with E-state index in [0.29, 0.717) is 21.9 Å². The molecule has 0 spiro atoms. The fourth-order valence-electron chi connectivity index (χ4n) is 1.61. The van der Waals surface area contributed by atoms with Gasteiger partial charge in [-0.2, -0.15) is 0 Å². The second kappa shape index (κ2) is 4.91. The Hall–Kier alpha value is -1.31. The van der Waals surface area contributed by atoms with Crippen LogP contribution in [0.3, 0.4) is 0 Å². The number of hydrogen-bond acceptors (Lipinski definition) is 1. The van der Waals surface area contributed by atoms with Crippen molar-refractivity contribution >= 4 is 29.5 Å². The molecule has 0 bridgehead atoms. The normalized spacial score (nSPS) is 10.3. The van der Waals surface area contributed by atoms with Crippen molar-refractivity contribution in [3.05, 3.63) is 57.6 Å². The van der Waals surface area contributed by atoms with E-state index in [-0.39, 0.29) is 0 Å². The number of carbonyl (C=O) groups excluding carboxylic acids is 1. The minimum absolute atomic E-state index is 0.337. The molecular weight excluding hydrogens is 255 g/mol. The van der Waals surface area contributed by atoms with Crippen molar-refractivity contribution in [3.63, 3.8) is 0 Å². The van der Waals surface area contributed by atoms with Gasteiger partial charge in [0.2, 0.25) is 0 Å². The number of aldehydes is 1. The molecule has 17 heavy (non-hydrogen) atoms. The first kappa shape index (κ1) is 12.2. The molecule has 2 aromatic rings. The minimum atomic E-state index is 0.337. The van der Waals surface area contributed by atoms with Crippen LogP contribution in [0.1, 0.15) is 15.9 Å². The van der Waals surface area contributed by atoms with E-state index in [9.17, 15) is 4.79 Å². The van der Waals surface area contributed by atoms with Gasteiger partial charge in [0.25, 0.3) is 0 Å². The lowest BCUT2D eigenvalue weighted by Gasteiger charge is -2.06. The van der Waals surface area contributed by atoms with E-state index in [0.717, 1.165) is 11.1 Å². The molecule has 0 aliphatic heterocycles. The van der Waals surface area contributed by atoms with Gasteiger partial charge in [-0.05, 0) is 30.2 Å². The molecule has 2 aromatic carbocycles. The van der Waals surface area contributed by atoms with E-state index in [1.54, 1.807) is 12.1 Å². The molecule has 1 nitrogen and oxygen atoms in total. The van der Waals surface area contributed by atoms with Crippen LogP contribution >= 0.6 is 23.2 Å². The highest BCUT2D eigenvalue weighted by Crippen LogP contribution is 2.30. The van der Waals surface area contributed by atoms with Crippen LogP contribution in [0.15, 0.2) is 36.4 Å². The van der Waals surface area contributed by atoms with Crippen LogP contribution in [0, 0.1) is 6.92 Å². The summed E-state index contributed by atoms with van der Waals surface area (Å²) in [5.41, 5.74) is 3.46. The average molecular weight is 265 g/mol. The van der Waals surface area contributed by atoms with Crippen LogP contribution in [0.25, 0.3) is 11.1 Å². The van der Waals surface area contributed by atoms with E-state index in [1.165, 1.54) is 5.56 Å². The van der Waals surface area contributed by atoms with Crippen LogP contribution < -0.4 is 0 Å². The third-order valence-electron chi connectivity index (χ3n) is 2.58. The zero-order valence-corrected chi connectivity index (χ0v) is 10.7. The van der Waals surface area contributed by atoms with Gasteiger partial charge in [0.05, 0.1) is 15.6 Å². The van der Waals surface area contributed by atoms with Crippen LogP contribution in [-0.2, 0) is 0 Å². The van der Waals surface area contributed by atoms with E-state index < -0.39 is 0 Å². The summed E-state index contributed by atoms with van der Waals surface area (Å²) >= 11 is 12.0. The molecule has 0 amide bonds. The van der Waals surface area contributed by atoms with Gasteiger partial charge >= 0.3 is 0 Å². The van der Waals surface area contributed by atoms with Crippen molar-refractivity contribution in [3.8, 4) is 11.1 Å². The standard InChI is InChI=1S/C14H10Cl2O/c1-9-2-4-10(5-3-9)11-6-13(15)12(8-17)14(16)7-11/h2-8H,1H3. The predicted molar refractivity (Wildman–Crippen MR) is 72.0 cm³/mol. The van der Waals surface area contributed by atoms with Crippen LogP contribution in [-0.4, -0.2) is 6.29 Å². The second-order valence-corrected chi connectivity index (χ2v) is 4.65. The van der Waals surface area contributed by atoms with Crippen molar-refractivity contribution in [2.75, 3.05) is 0 Å². The highest BCUT2D eigenvalue weighted by molar-refractivity contribution is 6.38. The molecule has 0 N–H and O–H groups in total. The van der Waals surface area contributed by atoms with Gasteiger partial charge in [-0.3, -0.25) is 4.79 Å². The number of benzene rings is 2. The summed E-state index contributed by atoms with van der Waals surface area (Å²) in [7, 11) is 0. The third-order valence-corrected chi connectivity index (χ3v) is 3.21. The van der Waals surface area contributed by atoms with Gasteiger partial charge in [0, 0.05) is 0 Å². The molecule has 0 saturated heterocycles. The smallest absolute Gasteiger partial charge is 0.153 e. The van der Waals surface area contributed by atoms with Gasteiger partial charge in [-0.1, -0.05) is 53.0 Å². The topological polar surface area (TPSA) is 17.1 Å². The largest absolute Gasteiger partial charge is 0.298 e. The number of halogens is 2. The summed E-state index contributed by atoms with van der Waals surface area (Å²) in [5, 5.41) is 0.756. The first-order valence-corrected chi connectivity index (χ1v) is 5.88. The molecule has 0 atom stereocenters. The molecule has 0 aliphatic rings. The summed E-state index contributed by atoms with van der Waals surface area (Å²) < 4.78 is 0. The van der Waals surface area contributed by atoms with Crippen molar-refractivity contribution in [1.29, 1.82) is 0 Å². The Morgan fingerprint density at radius 2 is 1.47 bits per heavy atom. The molecule has 0 aromatic heterocycles. The minimum Gasteiger partial charge on any atom is -0.298 e. The highest BCUT2D eigenvalue weighted by Gasteiger charge is 2.08. The van der Waals surface area contributed by atoms with Crippen molar-refractivity contribution in [2.45, 2.75) is 6.92 Å². The summed E-state index contributed by atoms with van der Waals surface area (Å²) in [4.78, 5) is 10.8. The van der Waals surface area contributed by atoms with Crippen LogP contribution in [0.4, 0.5) is 0 Å². The van der Waals surface area contributed by atoms with Crippen molar-refractivity contribution in [2.24, 2.45) is 0 Å². The maximum Gasteiger partial charge on any atom is 0.153 e. The lowest BCUT2D eigenvalue weighted by atomic mass is 10.0. The lowest BCUT2D eigenvalue weighted by Crippen LogP contribution is -1.87. The van der Waals surface area contributed by atoms with E-state index in [1.807, 2.05) is 31.2 Å². The van der Waals surface area contributed by atoms with E-state index in [2.05, 4.69) is 0 Å². The Bertz CT molecular complexity index is 536. The zero-order chi connectivity index (χ0) is 12.4. The number of aryl methyl sites for hydroxylation is 1. The van der Waals surface area contributed by atoms with Crippen LogP contribution in [0.5, 0.6) is 0 Å². The summed E-state index contributed by atoms with van der Waals surface area (Å²) in [6.45, 7) is 2.03. The summed E-state index contributed by atoms with van der Waals surface area (Å²) in [5.74, 6) is 0. The molecule has 0 radical (unpaired) electrons. The second-order valence-electron chi connectivity index (χ2n) is 3.84. The maximum absolute atomic E-state index is 10.8. The molecule has 0 unspecified atom stereocenters. The Labute approximate surface area is 110 Å². The van der Waals surface area contributed by atoms with Gasteiger partial charge in [-0.15, -0.1) is 0 Å². The van der Waals surface area contributed by atoms with Crippen LogP contribution in [0.2, 0.25) is 10.0 Å². The first-order chi connectivity index (χ1) is 8.11. The quantitative estimate of drug-likeness (QED) is 0.714. The van der Waals surface area contributed by atoms with Crippen molar-refractivity contribution in [1.82, 2.24) is 0 Å². The summed E-state index contributed by atoms with van der Waals surface area (Å²) in [6, 6.07) is 11.5. The number of rotatable bonds is 2. The lowest BCUT2D eigenvalue weighted by molar-refractivity contribution is 0.112. The van der Waals surface area contributed by atoms with E-state index >= 15 is 0 Å². The number of hydrogen-bond donors (Lipinski definition) is 0. The van der Waals surface area contributed by atoms with E-state index in [4.69, 9.17) is 23.2 Å². The fourth-order valence-corrected chi connectivity index (χ4v) is 2.19. The molecule has 3 heteroatoms. The fraction of sp³-hybridized carbons (Fsp3) is 0.0714. The Morgan fingerprint density at radius 1 is 0.941 bits per heavy atom. The molecule has 2 rings (SSSR count). The molecule has 0 heterocycles. The number of carbonyl (C=O) groups is 1. The monoisotopic (exact) mass is 264 g/mol. The molecule has 86 valence electrons. The van der Waals surface area contributed by atoms with Gasteiger partial charge in [-0.25, -0.2) is 0 Å². The van der Waals surface area contributed by atoms with Gasteiger partial charge in [0.15, 0.2) is 6.29 Å². The Morgan fingerprint density at radius 3 is 1.94 bits per heavy atom.